The number of benzene rings is 2. The number of ether oxygens (including phenoxy) is 2. The van der Waals surface area contributed by atoms with Gasteiger partial charge < -0.3 is 19.3 Å². The molecule has 35 heavy (non-hydrogen) atoms. The number of anilines is 1. The summed E-state index contributed by atoms with van der Waals surface area (Å²) in [6, 6.07) is 10.3. The Bertz CT molecular complexity index is 1050. The number of amides is 1. The first kappa shape index (κ1) is 25.2. The molecular weight excluding hydrogens is 452 g/mol. The SMILES string of the molecule is CN(CCOc1ccc(F)cc1F)C1CCc2ccc(N3CCN(C(=O)OC(C)(C)C)CC3)cc21. The Labute approximate surface area is 206 Å². The van der Waals surface area contributed by atoms with Gasteiger partial charge in [-0.25, -0.2) is 13.6 Å². The van der Waals surface area contributed by atoms with E-state index in [0.717, 1.165) is 37.7 Å². The summed E-state index contributed by atoms with van der Waals surface area (Å²) in [4.78, 5) is 18.7. The molecule has 0 spiro atoms. The lowest BCUT2D eigenvalue weighted by molar-refractivity contribution is 0.0240. The number of likely N-dealkylation sites (N-methyl/N-ethyl adjacent to an activating group) is 1. The molecule has 190 valence electrons. The molecular formula is C27H35F2N3O3. The smallest absolute Gasteiger partial charge is 0.410 e. The highest BCUT2D eigenvalue weighted by atomic mass is 19.1. The van der Waals surface area contributed by atoms with Crippen molar-refractivity contribution in [2.45, 2.75) is 45.3 Å². The number of hydrogen-bond donors (Lipinski definition) is 0. The molecule has 1 fully saturated rings. The van der Waals surface area contributed by atoms with Gasteiger partial charge in [0, 0.05) is 50.5 Å². The lowest BCUT2D eigenvalue weighted by atomic mass is 10.1. The molecule has 6 nitrogen and oxygen atoms in total. The molecule has 0 saturated carbocycles. The van der Waals surface area contributed by atoms with E-state index >= 15 is 0 Å². The summed E-state index contributed by atoms with van der Waals surface area (Å²) in [5.74, 6) is -1.23. The number of nitrogens with zero attached hydrogens (tertiary/aromatic N) is 3. The minimum atomic E-state index is -0.685. The minimum absolute atomic E-state index is 0.0689. The molecule has 0 aromatic heterocycles. The number of hydrogen-bond acceptors (Lipinski definition) is 5. The van der Waals surface area contributed by atoms with Crippen LogP contribution < -0.4 is 9.64 Å². The Morgan fingerprint density at radius 1 is 1.09 bits per heavy atom. The standard InChI is InChI=1S/C27H35F2N3O3/c1-27(2,3)35-26(33)32-13-11-31(12-14-32)21-8-5-19-6-9-24(22(19)18-21)30(4)15-16-34-25-10-7-20(28)17-23(25)29/h5,7-8,10,17-18,24H,6,9,11-16H2,1-4H3. The topological polar surface area (TPSA) is 45.2 Å². The summed E-state index contributed by atoms with van der Waals surface area (Å²) in [5.41, 5.74) is 3.33. The second-order valence-electron chi connectivity index (χ2n) is 10.3. The minimum Gasteiger partial charge on any atom is -0.489 e. The lowest BCUT2D eigenvalue weighted by Gasteiger charge is -2.37. The van der Waals surface area contributed by atoms with E-state index in [0.29, 0.717) is 26.2 Å². The quantitative estimate of drug-likeness (QED) is 0.573. The first-order chi connectivity index (χ1) is 16.6. The summed E-state index contributed by atoms with van der Waals surface area (Å²) < 4.78 is 38.0. The molecule has 1 atom stereocenters. The molecule has 0 N–H and O–H groups in total. The predicted molar refractivity (Wildman–Crippen MR) is 132 cm³/mol. The summed E-state index contributed by atoms with van der Waals surface area (Å²) in [5, 5.41) is 0. The van der Waals surface area contributed by atoms with Gasteiger partial charge in [0.05, 0.1) is 0 Å². The molecule has 1 unspecified atom stereocenters. The highest BCUT2D eigenvalue weighted by Crippen LogP contribution is 2.37. The van der Waals surface area contributed by atoms with Crippen molar-refractivity contribution < 1.29 is 23.0 Å². The van der Waals surface area contributed by atoms with Crippen LogP contribution in [0.2, 0.25) is 0 Å². The molecule has 2 aromatic rings. The van der Waals surface area contributed by atoms with Crippen molar-refractivity contribution in [2.75, 3.05) is 51.3 Å². The molecule has 1 amide bonds. The van der Waals surface area contributed by atoms with Gasteiger partial charge in [0.2, 0.25) is 0 Å². The van der Waals surface area contributed by atoms with Crippen LogP contribution in [0.3, 0.4) is 0 Å². The molecule has 1 aliphatic carbocycles. The van der Waals surface area contributed by atoms with E-state index < -0.39 is 17.2 Å². The van der Waals surface area contributed by atoms with E-state index in [9.17, 15) is 13.6 Å². The Hall–Kier alpha value is -2.87. The molecule has 0 radical (unpaired) electrons. The maximum absolute atomic E-state index is 13.8. The first-order valence-corrected chi connectivity index (χ1v) is 12.2. The van der Waals surface area contributed by atoms with Gasteiger partial charge >= 0.3 is 6.09 Å². The van der Waals surface area contributed by atoms with Crippen LogP contribution in [0.15, 0.2) is 36.4 Å². The largest absolute Gasteiger partial charge is 0.489 e. The highest BCUT2D eigenvalue weighted by Gasteiger charge is 2.29. The van der Waals surface area contributed by atoms with Crippen molar-refractivity contribution in [3.8, 4) is 5.75 Å². The number of piperazine rings is 1. The number of fused-ring (bicyclic) bond motifs is 1. The van der Waals surface area contributed by atoms with Crippen molar-refractivity contribution >= 4 is 11.8 Å². The molecule has 2 aromatic carbocycles. The first-order valence-electron chi connectivity index (χ1n) is 12.2. The maximum atomic E-state index is 13.8. The Morgan fingerprint density at radius 3 is 2.51 bits per heavy atom. The van der Waals surface area contributed by atoms with E-state index in [4.69, 9.17) is 9.47 Å². The van der Waals surface area contributed by atoms with Crippen molar-refractivity contribution in [2.24, 2.45) is 0 Å². The third-order valence-corrected chi connectivity index (χ3v) is 6.60. The second-order valence-corrected chi connectivity index (χ2v) is 10.3. The van der Waals surface area contributed by atoms with Crippen LogP contribution in [0, 0.1) is 11.6 Å². The predicted octanol–water partition coefficient (Wildman–Crippen LogP) is 5.02. The van der Waals surface area contributed by atoms with Gasteiger partial charge in [-0.1, -0.05) is 6.07 Å². The van der Waals surface area contributed by atoms with Gasteiger partial charge in [-0.15, -0.1) is 0 Å². The van der Waals surface area contributed by atoms with Crippen LogP contribution in [0.5, 0.6) is 5.75 Å². The Kier molecular flexibility index (Phi) is 7.50. The van der Waals surface area contributed by atoms with Crippen molar-refractivity contribution in [1.29, 1.82) is 0 Å². The third kappa shape index (κ3) is 6.23. The molecule has 1 saturated heterocycles. The van der Waals surface area contributed by atoms with Crippen molar-refractivity contribution in [1.82, 2.24) is 9.80 Å². The van der Waals surface area contributed by atoms with Crippen LogP contribution in [-0.4, -0.2) is 67.9 Å². The summed E-state index contributed by atoms with van der Waals surface area (Å²) in [6.07, 6.45) is 1.78. The second kappa shape index (κ2) is 10.4. The number of rotatable bonds is 6. The van der Waals surface area contributed by atoms with Crippen LogP contribution >= 0.6 is 0 Å². The zero-order valence-electron chi connectivity index (χ0n) is 21.0. The van der Waals surface area contributed by atoms with Gasteiger partial charge in [0.15, 0.2) is 11.6 Å². The zero-order chi connectivity index (χ0) is 25.2. The fraction of sp³-hybridized carbons (Fsp3) is 0.519. The molecule has 0 bridgehead atoms. The van der Waals surface area contributed by atoms with E-state index in [1.165, 1.54) is 23.3 Å². The molecule has 1 aliphatic heterocycles. The lowest BCUT2D eigenvalue weighted by Crippen LogP contribution is -2.50. The number of carbonyl (C=O) groups excluding carboxylic acids is 1. The van der Waals surface area contributed by atoms with Gasteiger partial charge in [0.1, 0.15) is 18.0 Å². The van der Waals surface area contributed by atoms with Crippen LogP contribution in [-0.2, 0) is 11.2 Å². The van der Waals surface area contributed by atoms with Gasteiger partial charge in [0.25, 0.3) is 0 Å². The molecule has 4 rings (SSSR count). The number of carbonyl (C=O) groups is 1. The van der Waals surface area contributed by atoms with Crippen LogP contribution in [0.1, 0.15) is 44.4 Å². The monoisotopic (exact) mass is 487 g/mol. The van der Waals surface area contributed by atoms with Gasteiger partial charge in [-0.3, -0.25) is 4.90 Å². The zero-order valence-corrected chi connectivity index (χ0v) is 21.0. The molecule has 1 heterocycles. The van der Waals surface area contributed by atoms with Crippen LogP contribution in [0.25, 0.3) is 0 Å². The number of aryl methyl sites for hydroxylation is 1. The Morgan fingerprint density at radius 2 is 1.83 bits per heavy atom. The summed E-state index contributed by atoms with van der Waals surface area (Å²) >= 11 is 0. The third-order valence-electron chi connectivity index (χ3n) is 6.60. The van der Waals surface area contributed by atoms with E-state index in [1.807, 2.05) is 20.8 Å². The fourth-order valence-corrected chi connectivity index (χ4v) is 4.74. The van der Waals surface area contributed by atoms with Crippen molar-refractivity contribution in [3.05, 3.63) is 59.2 Å². The van der Waals surface area contributed by atoms with Gasteiger partial charge in [-0.05, 0) is 76.1 Å². The van der Waals surface area contributed by atoms with E-state index in [2.05, 4.69) is 35.0 Å². The molecule has 8 heteroatoms. The Balaban J connectivity index is 1.33. The number of halogens is 2. The van der Waals surface area contributed by atoms with Crippen LogP contribution in [0.4, 0.5) is 19.3 Å². The maximum Gasteiger partial charge on any atom is 0.410 e. The highest BCUT2D eigenvalue weighted by molar-refractivity contribution is 5.68. The summed E-state index contributed by atoms with van der Waals surface area (Å²) in [6.45, 7) is 9.37. The average molecular weight is 488 g/mol. The van der Waals surface area contributed by atoms with Gasteiger partial charge in [-0.2, -0.15) is 0 Å². The van der Waals surface area contributed by atoms with Crippen molar-refractivity contribution in [3.63, 3.8) is 0 Å². The van der Waals surface area contributed by atoms with E-state index in [1.54, 1.807) is 4.90 Å². The average Bonchev–Trinajstić information content (AvgIpc) is 3.23. The normalized spacial score (nSPS) is 18.1. The fourth-order valence-electron chi connectivity index (χ4n) is 4.74. The van der Waals surface area contributed by atoms with E-state index in [-0.39, 0.29) is 17.9 Å². The molecule has 2 aliphatic rings. The summed E-state index contributed by atoms with van der Waals surface area (Å²) in [7, 11) is 2.05.